The number of nitrogens with one attached hydrogen (secondary N) is 1. The number of benzene rings is 2. The quantitative estimate of drug-likeness (QED) is 0.432. The Morgan fingerprint density at radius 1 is 1.03 bits per heavy atom. The van der Waals surface area contributed by atoms with Crippen molar-refractivity contribution in [3.05, 3.63) is 57.7 Å². The lowest BCUT2D eigenvalue weighted by Gasteiger charge is -2.32. The van der Waals surface area contributed by atoms with Crippen molar-refractivity contribution >= 4 is 50.1 Å². The molecule has 1 unspecified atom stereocenters. The van der Waals surface area contributed by atoms with Crippen molar-refractivity contribution in [3.8, 4) is 5.75 Å². The number of nitrogens with zero attached hydrogens (tertiary/aromatic N) is 2. The molecule has 33 heavy (non-hydrogen) atoms. The monoisotopic (exact) mass is 587 g/mol. The second-order valence-electron chi connectivity index (χ2n) is 7.96. The molecule has 0 aliphatic heterocycles. The molecule has 1 N–H and O–H groups in total. The summed E-state index contributed by atoms with van der Waals surface area (Å²) in [7, 11) is -2.18. The van der Waals surface area contributed by atoms with E-state index in [4.69, 9.17) is 4.74 Å². The minimum absolute atomic E-state index is 0.0998. The molecule has 0 aliphatic carbocycles. The molecule has 2 aromatic rings. The van der Waals surface area contributed by atoms with Crippen LogP contribution in [0.1, 0.15) is 26.3 Å². The van der Waals surface area contributed by atoms with Gasteiger partial charge in [-0.25, -0.2) is 8.42 Å². The summed E-state index contributed by atoms with van der Waals surface area (Å²) in [6.45, 7) is 5.02. The fourth-order valence-corrected chi connectivity index (χ4v) is 4.35. The summed E-state index contributed by atoms with van der Waals surface area (Å²) >= 11 is 2.12. The van der Waals surface area contributed by atoms with Gasteiger partial charge in [-0.15, -0.1) is 0 Å². The molecule has 0 aromatic heterocycles. The van der Waals surface area contributed by atoms with Gasteiger partial charge < -0.3 is 15.0 Å². The van der Waals surface area contributed by atoms with Gasteiger partial charge in [-0.2, -0.15) is 0 Å². The van der Waals surface area contributed by atoms with Gasteiger partial charge in [0.2, 0.25) is 21.8 Å². The van der Waals surface area contributed by atoms with Crippen LogP contribution in [0.5, 0.6) is 5.75 Å². The highest BCUT2D eigenvalue weighted by atomic mass is 127. The van der Waals surface area contributed by atoms with Crippen molar-refractivity contribution in [3.63, 3.8) is 0 Å². The lowest BCUT2D eigenvalue weighted by molar-refractivity contribution is -0.139. The molecule has 2 rings (SSSR count). The average molecular weight is 587 g/mol. The summed E-state index contributed by atoms with van der Waals surface area (Å²) in [5.41, 5.74) is 1.17. The zero-order valence-electron chi connectivity index (χ0n) is 19.4. The minimum Gasteiger partial charge on any atom is -0.497 e. The Morgan fingerprint density at radius 3 is 2.09 bits per heavy atom. The van der Waals surface area contributed by atoms with E-state index in [2.05, 4.69) is 27.9 Å². The van der Waals surface area contributed by atoms with E-state index in [0.717, 1.165) is 19.7 Å². The first-order chi connectivity index (χ1) is 15.4. The highest BCUT2D eigenvalue weighted by Crippen LogP contribution is 2.21. The molecule has 0 fully saturated rings. The number of ether oxygens (including phenoxy) is 1. The summed E-state index contributed by atoms with van der Waals surface area (Å²) in [6.07, 6.45) is 1.06. The van der Waals surface area contributed by atoms with Crippen molar-refractivity contribution in [1.82, 2.24) is 10.2 Å². The number of hydrogen-bond donors (Lipinski definition) is 1. The molecule has 10 heteroatoms. The summed E-state index contributed by atoms with van der Waals surface area (Å²) in [5, 5.41) is 2.82. The van der Waals surface area contributed by atoms with Gasteiger partial charge in [0.15, 0.2) is 0 Å². The van der Waals surface area contributed by atoms with E-state index < -0.39 is 28.5 Å². The number of methoxy groups -OCH3 is 1. The Bertz CT molecular complexity index is 1060. The van der Waals surface area contributed by atoms with Crippen LogP contribution in [0, 0.1) is 3.57 Å². The number of anilines is 1. The average Bonchev–Trinajstić information content (AvgIpc) is 2.75. The standard InChI is InChI=1S/C23H30IN3O5S/c1-16(2)25-23(29)17(3)26(14-18-6-12-21(32-4)13-7-18)22(28)15-27(33(5,30)31)20-10-8-19(24)9-11-20/h6-13,16-17H,14-15H2,1-5H3,(H,25,29). The van der Waals surface area contributed by atoms with Crippen LogP contribution in [0.15, 0.2) is 48.5 Å². The van der Waals surface area contributed by atoms with E-state index in [9.17, 15) is 18.0 Å². The number of carbonyl (C=O) groups excluding carboxylic acids is 2. The Hall–Kier alpha value is -2.34. The highest BCUT2D eigenvalue weighted by Gasteiger charge is 2.30. The van der Waals surface area contributed by atoms with Crippen LogP contribution in [-0.2, 0) is 26.2 Å². The second kappa shape index (κ2) is 11.7. The molecule has 0 radical (unpaired) electrons. The second-order valence-corrected chi connectivity index (χ2v) is 11.1. The molecule has 180 valence electrons. The molecular weight excluding hydrogens is 557 g/mol. The number of carbonyl (C=O) groups is 2. The zero-order valence-corrected chi connectivity index (χ0v) is 22.4. The van der Waals surface area contributed by atoms with Crippen LogP contribution in [-0.4, -0.2) is 57.1 Å². The Kier molecular flexibility index (Phi) is 9.53. The largest absolute Gasteiger partial charge is 0.497 e. The van der Waals surface area contributed by atoms with Gasteiger partial charge >= 0.3 is 0 Å². The normalized spacial score (nSPS) is 12.2. The zero-order chi connectivity index (χ0) is 24.8. The van der Waals surface area contributed by atoms with E-state index in [1.54, 1.807) is 62.6 Å². The number of hydrogen-bond acceptors (Lipinski definition) is 5. The van der Waals surface area contributed by atoms with Crippen LogP contribution < -0.4 is 14.4 Å². The molecule has 2 amide bonds. The van der Waals surface area contributed by atoms with Gasteiger partial charge in [0.05, 0.1) is 19.1 Å². The number of amides is 2. The SMILES string of the molecule is COc1ccc(CN(C(=O)CN(c2ccc(I)cc2)S(C)(=O)=O)C(C)C(=O)NC(C)C)cc1. The molecule has 8 nitrogen and oxygen atoms in total. The molecule has 0 aliphatic rings. The van der Waals surface area contributed by atoms with Crippen molar-refractivity contribution in [1.29, 1.82) is 0 Å². The maximum Gasteiger partial charge on any atom is 0.244 e. The van der Waals surface area contributed by atoms with Crippen LogP contribution in [0.4, 0.5) is 5.69 Å². The van der Waals surface area contributed by atoms with Crippen LogP contribution in [0.3, 0.4) is 0 Å². The van der Waals surface area contributed by atoms with E-state index in [1.807, 2.05) is 13.8 Å². The number of sulfonamides is 1. The molecule has 0 spiro atoms. The van der Waals surface area contributed by atoms with E-state index in [1.165, 1.54) is 4.90 Å². The van der Waals surface area contributed by atoms with Gasteiger partial charge in [0.1, 0.15) is 18.3 Å². The van der Waals surface area contributed by atoms with Crippen LogP contribution >= 0.6 is 22.6 Å². The molecular formula is C23H30IN3O5S. The molecule has 2 aromatic carbocycles. The topological polar surface area (TPSA) is 96.0 Å². The van der Waals surface area contributed by atoms with Gasteiger partial charge in [0, 0.05) is 16.2 Å². The fourth-order valence-electron chi connectivity index (χ4n) is 3.14. The first-order valence-corrected chi connectivity index (χ1v) is 13.3. The maximum atomic E-state index is 13.4. The summed E-state index contributed by atoms with van der Waals surface area (Å²) in [5.74, 6) is -0.127. The third-order valence-corrected chi connectivity index (χ3v) is 6.76. The fraction of sp³-hybridized carbons (Fsp3) is 0.391. The third-order valence-electron chi connectivity index (χ3n) is 4.90. The Balaban J connectivity index is 2.36. The smallest absolute Gasteiger partial charge is 0.244 e. The van der Waals surface area contributed by atoms with Gasteiger partial charge in [-0.3, -0.25) is 13.9 Å². The lowest BCUT2D eigenvalue weighted by Crippen LogP contribution is -2.52. The molecule has 0 bridgehead atoms. The third kappa shape index (κ3) is 7.88. The van der Waals surface area contributed by atoms with Crippen LogP contribution in [0.2, 0.25) is 0 Å². The van der Waals surface area contributed by atoms with Gasteiger partial charge in [-0.1, -0.05) is 12.1 Å². The van der Waals surface area contributed by atoms with Crippen LogP contribution in [0.25, 0.3) is 0 Å². The molecule has 1 atom stereocenters. The minimum atomic E-state index is -3.74. The van der Waals surface area contributed by atoms with E-state index in [-0.39, 0.29) is 18.5 Å². The molecule has 0 saturated heterocycles. The summed E-state index contributed by atoms with van der Waals surface area (Å²) < 4.78 is 32.2. The first-order valence-electron chi connectivity index (χ1n) is 10.4. The summed E-state index contributed by atoms with van der Waals surface area (Å²) in [4.78, 5) is 27.5. The number of halogens is 1. The molecule has 0 heterocycles. The predicted octanol–water partition coefficient (Wildman–Crippen LogP) is 3.01. The van der Waals surface area contributed by atoms with E-state index in [0.29, 0.717) is 11.4 Å². The first kappa shape index (κ1) is 26.9. The van der Waals surface area contributed by atoms with Crippen molar-refractivity contribution in [2.45, 2.75) is 39.4 Å². The Morgan fingerprint density at radius 2 is 1.61 bits per heavy atom. The highest BCUT2D eigenvalue weighted by molar-refractivity contribution is 14.1. The molecule has 0 saturated carbocycles. The maximum absolute atomic E-state index is 13.4. The Labute approximate surface area is 209 Å². The van der Waals surface area contributed by atoms with Gasteiger partial charge in [-0.05, 0) is 85.3 Å². The van der Waals surface area contributed by atoms with E-state index >= 15 is 0 Å². The van der Waals surface area contributed by atoms with Crippen molar-refractivity contribution in [2.75, 3.05) is 24.2 Å². The summed E-state index contributed by atoms with van der Waals surface area (Å²) in [6, 6.07) is 13.1. The van der Waals surface area contributed by atoms with Gasteiger partial charge in [0.25, 0.3) is 0 Å². The van der Waals surface area contributed by atoms with Crippen molar-refractivity contribution in [2.24, 2.45) is 0 Å². The number of rotatable bonds is 10. The lowest BCUT2D eigenvalue weighted by atomic mass is 10.1. The van der Waals surface area contributed by atoms with Crippen molar-refractivity contribution < 1.29 is 22.7 Å². The predicted molar refractivity (Wildman–Crippen MR) is 138 cm³/mol.